The van der Waals surface area contributed by atoms with Gasteiger partial charge in [0.2, 0.25) is 0 Å². The van der Waals surface area contributed by atoms with Gasteiger partial charge >= 0.3 is 0 Å². The molecular weight excluding hydrogens is 205 g/mol. The fraction of sp³-hybridized carbons (Fsp3) is 0.400. The van der Waals surface area contributed by atoms with Gasteiger partial charge in [-0.2, -0.15) is 0 Å². The smallest absolute Gasteiger partial charge is 0.0641 e. The van der Waals surface area contributed by atoms with Crippen molar-refractivity contribution in [2.75, 3.05) is 5.32 Å². The summed E-state index contributed by atoms with van der Waals surface area (Å²) in [4.78, 5) is 0. The van der Waals surface area contributed by atoms with Crippen molar-refractivity contribution in [2.45, 2.75) is 25.8 Å². The maximum atomic E-state index is 6.06. The van der Waals surface area contributed by atoms with Gasteiger partial charge in [0.25, 0.3) is 0 Å². The molecule has 3 heteroatoms. The molecule has 0 aliphatic carbocycles. The van der Waals surface area contributed by atoms with Crippen LogP contribution in [-0.2, 0) is 6.42 Å². The van der Waals surface area contributed by atoms with E-state index in [-0.39, 0.29) is 0 Å². The van der Waals surface area contributed by atoms with E-state index in [9.17, 15) is 0 Å². The molecule has 0 amide bonds. The summed E-state index contributed by atoms with van der Waals surface area (Å²) in [7, 11) is 0. The summed E-state index contributed by atoms with van der Waals surface area (Å²) in [6.07, 6.45) is 2.13. The van der Waals surface area contributed by atoms with Crippen LogP contribution in [0, 0.1) is 0 Å². The summed E-state index contributed by atoms with van der Waals surface area (Å²) in [5, 5.41) is 4.94. The summed E-state index contributed by atoms with van der Waals surface area (Å²) < 4.78 is 0. The molecule has 1 aliphatic heterocycles. The predicted octanol–water partition coefficient (Wildman–Crippen LogP) is 3.74. The molecule has 1 heterocycles. The van der Waals surface area contributed by atoms with Gasteiger partial charge in [-0.05, 0) is 37.5 Å². The second kappa shape index (κ2) is 3.39. The molecule has 13 heavy (non-hydrogen) atoms. The third-order valence-corrected chi connectivity index (χ3v) is 3.09. The molecule has 1 N–H and O–H groups in total. The lowest BCUT2D eigenvalue weighted by Gasteiger charge is -2.25. The first-order chi connectivity index (χ1) is 6.18. The fourth-order valence-corrected chi connectivity index (χ4v) is 2.16. The van der Waals surface area contributed by atoms with Crippen LogP contribution in [0.15, 0.2) is 12.1 Å². The summed E-state index contributed by atoms with van der Waals surface area (Å²) in [5.74, 6) is 0. The molecule has 0 spiro atoms. The number of rotatable bonds is 0. The Bertz CT molecular complexity index is 336. The van der Waals surface area contributed by atoms with Crippen LogP contribution in [0.5, 0.6) is 0 Å². The van der Waals surface area contributed by atoms with Crippen LogP contribution in [0.1, 0.15) is 18.9 Å². The highest BCUT2D eigenvalue weighted by molar-refractivity contribution is 6.36. The van der Waals surface area contributed by atoms with Crippen LogP contribution in [-0.4, -0.2) is 6.04 Å². The van der Waals surface area contributed by atoms with Crippen LogP contribution in [0.2, 0.25) is 10.0 Å². The second-order valence-corrected chi connectivity index (χ2v) is 4.28. The molecule has 1 aromatic rings. The van der Waals surface area contributed by atoms with Gasteiger partial charge in [0.1, 0.15) is 0 Å². The van der Waals surface area contributed by atoms with Crippen LogP contribution >= 0.6 is 23.2 Å². The zero-order valence-corrected chi connectivity index (χ0v) is 8.91. The van der Waals surface area contributed by atoms with Crippen LogP contribution < -0.4 is 5.32 Å². The number of halogens is 2. The molecule has 0 aromatic heterocycles. The molecule has 0 saturated carbocycles. The van der Waals surface area contributed by atoms with E-state index in [0.29, 0.717) is 6.04 Å². The highest BCUT2D eigenvalue weighted by Crippen LogP contribution is 2.36. The van der Waals surface area contributed by atoms with E-state index in [1.54, 1.807) is 0 Å². The highest BCUT2D eigenvalue weighted by Gasteiger charge is 2.18. The van der Waals surface area contributed by atoms with E-state index in [1.165, 1.54) is 0 Å². The van der Waals surface area contributed by atoms with Crippen molar-refractivity contribution >= 4 is 28.9 Å². The molecule has 70 valence electrons. The molecule has 2 rings (SSSR count). The quantitative estimate of drug-likeness (QED) is 0.696. The normalized spacial score (nSPS) is 20.7. The fourth-order valence-electron chi connectivity index (χ4n) is 1.67. The van der Waals surface area contributed by atoms with E-state index < -0.39 is 0 Å². The van der Waals surface area contributed by atoms with Crippen LogP contribution in [0.25, 0.3) is 0 Å². The number of fused-ring (bicyclic) bond motifs is 1. The first-order valence-electron chi connectivity index (χ1n) is 4.42. The largest absolute Gasteiger partial charge is 0.381 e. The van der Waals surface area contributed by atoms with E-state index in [0.717, 1.165) is 34.1 Å². The molecule has 0 bridgehead atoms. The first kappa shape index (κ1) is 9.17. The maximum absolute atomic E-state index is 6.06. The Morgan fingerprint density at radius 3 is 2.77 bits per heavy atom. The summed E-state index contributed by atoms with van der Waals surface area (Å²) >= 11 is 12.1. The van der Waals surface area contributed by atoms with Crippen molar-refractivity contribution < 1.29 is 0 Å². The van der Waals surface area contributed by atoms with Crippen molar-refractivity contribution in [3.8, 4) is 0 Å². The molecule has 0 fully saturated rings. The highest BCUT2D eigenvalue weighted by atomic mass is 35.5. The van der Waals surface area contributed by atoms with Crippen molar-refractivity contribution in [3.63, 3.8) is 0 Å². The third kappa shape index (κ3) is 1.63. The van der Waals surface area contributed by atoms with E-state index >= 15 is 0 Å². The standard InChI is InChI=1S/C10H11Cl2N/c1-6-2-3-7-8(11)4-5-9(12)10(7)13-6/h4-6,13H,2-3H2,1H3/t6-/m1/s1. The van der Waals surface area contributed by atoms with Gasteiger partial charge in [-0.25, -0.2) is 0 Å². The average Bonchev–Trinajstić information content (AvgIpc) is 2.12. The molecule has 1 nitrogen and oxygen atoms in total. The monoisotopic (exact) mass is 215 g/mol. The maximum Gasteiger partial charge on any atom is 0.0641 e. The SMILES string of the molecule is C[C@@H]1CCc2c(Cl)ccc(Cl)c2N1. The van der Waals surface area contributed by atoms with E-state index in [2.05, 4.69) is 12.2 Å². The summed E-state index contributed by atoms with van der Waals surface area (Å²) in [6, 6.07) is 4.19. The van der Waals surface area contributed by atoms with Crippen molar-refractivity contribution in [1.82, 2.24) is 0 Å². The molecule has 0 radical (unpaired) electrons. The molecule has 1 atom stereocenters. The Hall–Kier alpha value is -0.400. The van der Waals surface area contributed by atoms with Gasteiger partial charge in [-0.1, -0.05) is 23.2 Å². The van der Waals surface area contributed by atoms with Crippen molar-refractivity contribution in [2.24, 2.45) is 0 Å². The topological polar surface area (TPSA) is 12.0 Å². The van der Waals surface area contributed by atoms with Gasteiger partial charge in [-0.15, -0.1) is 0 Å². The van der Waals surface area contributed by atoms with Gasteiger partial charge in [0.05, 0.1) is 10.7 Å². The van der Waals surface area contributed by atoms with Gasteiger partial charge in [-0.3, -0.25) is 0 Å². The third-order valence-electron chi connectivity index (χ3n) is 2.42. The van der Waals surface area contributed by atoms with Crippen molar-refractivity contribution in [1.29, 1.82) is 0 Å². The summed E-state index contributed by atoms with van der Waals surface area (Å²) in [6.45, 7) is 2.15. The van der Waals surface area contributed by atoms with Crippen molar-refractivity contribution in [3.05, 3.63) is 27.7 Å². The second-order valence-electron chi connectivity index (χ2n) is 3.47. The zero-order valence-electron chi connectivity index (χ0n) is 7.40. The van der Waals surface area contributed by atoms with Crippen LogP contribution in [0.3, 0.4) is 0 Å². The van der Waals surface area contributed by atoms with Crippen LogP contribution in [0.4, 0.5) is 5.69 Å². The lowest BCUT2D eigenvalue weighted by atomic mass is 9.99. The Morgan fingerprint density at radius 2 is 2.00 bits per heavy atom. The Balaban J connectivity index is 2.51. The minimum absolute atomic E-state index is 0.489. The average molecular weight is 216 g/mol. The number of benzene rings is 1. The van der Waals surface area contributed by atoms with Gasteiger partial charge in [0, 0.05) is 11.1 Å². The Labute approximate surface area is 88.0 Å². The zero-order chi connectivity index (χ0) is 9.42. The van der Waals surface area contributed by atoms with Gasteiger partial charge < -0.3 is 5.32 Å². The predicted molar refractivity (Wildman–Crippen MR) is 57.9 cm³/mol. The minimum atomic E-state index is 0.489. The molecular formula is C10H11Cl2N. The lowest BCUT2D eigenvalue weighted by Crippen LogP contribution is -2.22. The Kier molecular flexibility index (Phi) is 2.39. The molecule has 0 saturated heterocycles. The summed E-state index contributed by atoms with van der Waals surface area (Å²) in [5.41, 5.74) is 2.18. The number of nitrogens with one attached hydrogen (secondary N) is 1. The van der Waals surface area contributed by atoms with Gasteiger partial charge in [0.15, 0.2) is 0 Å². The Morgan fingerprint density at radius 1 is 1.31 bits per heavy atom. The molecule has 0 unspecified atom stereocenters. The number of hydrogen-bond donors (Lipinski definition) is 1. The number of hydrogen-bond acceptors (Lipinski definition) is 1. The first-order valence-corrected chi connectivity index (χ1v) is 5.17. The minimum Gasteiger partial charge on any atom is -0.381 e. The molecule has 1 aromatic carbocycles. The van der Waals surface area contributed by atoms with E-state index in [4.69, 9.17) is 23.2 Å². The number of anilines is 1. The molecule has 1 aliphatic rings. The van der Waals surface area contributed by atoms with E-state index in [1.807, 2.05) is 12.1 Å². The lowest BCUT2D eigenvalue weighted by molar-refractivity contribution is 0.681.